The van der Waals surface area contributed by atoms with Gasteiger partial charge < -0.3 is 0 Å². The highest BCUT2D eigenvalue weighted by Crippen LogP contribution is 2.44. The average molecular weight is 368 g/mol. The highest BCUT2D eigenvalue weighted by atomic mass is 14.7. The van der Waals surface area contributed by atoms with Gasteiger partial charge in [0.2, 0.25) is 0 Å². The predicted octanol–water partition coefficient (Wildman–Crippen LogP) is 7.60. The molecule has 0 radical (unpaired) electrons. The molecule has 0 amide bonds. The van der Waals surface area contributed by atoms with Gasteiger partial charge in [0.1, 0.15) is 0 Å². The first-order chi connectivity index (χ1) is 13.2. The smallest absolute Gasteiger partial charge is 0.0780 e. The molecule has 0 saturated heterocycles. The molecule has 2 aromatic rings. The minimum Gasteiger partial charge on any atom is -0.256 e. The molecule has 1 aromatic heterocycles. The Labute approximate surface area is 168 Å². The van der Waals surface area contributed by atoms with Gasteiger partial charge in [-0.3, -0.25) is 4.98 Å². The first kappa shape index (κ1) is 18.7. The zero-order valence-electron chi connectivity index (χ0n) is 17.8. The van der Waals surface area contributed by atoms with Crippen LogP contribution in [0.1, 0.15) is 52.7 Å². The molecule has 1 heterocycles. The lowest BCUT2D eigenvalue weighted by atomic mass is 9.85. The summed E-state index contributed by atoms with van der Waals surface area (Å²) in [5.41, 5.74) is 7.92. The Hall–Kier alpha value is -2.67. The van der Waals surface area contributed by atoms with Crippen molar-refractivity contribution in [2.24, 2.45) is 0 Å². The second-order valence-corrected chi connectivity index (χ2v) is 9.81. The number of pyridine rings is 1. The van der Waals surface area contributed by atoms with Gasteiger partial charge in [-0.25, -0.2) is 0 Å². The summed E-state index contributed by atoms with van der Waals surface area (Å²) in [6.45, 7) is 13.8. The number of rotatable bonds is 1. The Kier molecular flexibility index (Phi) is 4.30. The van der Waals surface area contributed by atoms with E-state index < -0.39 is 0 Å². The van der Waals surface area contributed by atoms with Crippen molar-refractivity contribution in [3.63, 3.8) is 0 Å². The summed E-state index contributed by atoms with van der Waals surface area (Å²) in [5.74, 6) is 0. The van der Waals surface area contributed by atoms with Crippen LogP contribution < -0.4 is 0 Å². The van der Waals surface area contributed by atoms with E-state index in [0.29, 0.717) is 0 Å². The van der Waals surface area contributed by atoms with E-state index in [9.17, 15) is 0 Å². The third kappa shape index (κ3) is 3.20. The Morgan fingerprint density at radius 3 is 2.04 bits per heavy atom. The largest absolute Gasteiger partial charge is 0.256 e. The maximum Gasteiger partial charge on any atom is 0.0780 e. The topological polar surface area (TPSA) is 12.9 Å². The quantitative estimate of drug-likeness (QED) is 0.337. The lowest BCUT2D eigenvalue weighted by Crippen LogP contribution is -2.11. The molecule has 0 fully saturated rings. The van der Waals surface area contributed by atoms with Crippen molar-refractivity contribution in [3.05, 3.63) is 78.0 Å². The number of hydrogen-bond acceptors (Lipinski definition) is 1. The number of nitrogens with zero attached hydrogens (tertiary/aromatic N) is 1. The number of fused-ring (bicyclic) bond motifs is 2. The second-order valence-electron chi connectivity index (χ2n) is 9.81. The predicted molar refractivity (Wildman–Crippen MR) is 121 cm³/mol. The number of benzene rings is 1. The van der Waals surface area contributed by atoms with Crippen molar-refractivity contribution < 1.29 is 0 Å². The minimum atomic E-state index is 0.0829. The lowest BCUT2D eigenvalue weighted by Gasteiger charge is -2.19. The molecule has 2 aliphatic rings. The van der Waals surface area contributed by atoms with Crippen LogP contribution in [-0.4, -0.2) is 4.98 Å². The van der Waals surface area contributed by atoms with E-state index in [0.717, 1.165) is 5.69 Å². The van der Waals surface area contributed by atoms with Crippen molar-refractivity contribution >= 4 is 10.8 Å². The summed E-state index contributed by atoms with van der Waals surface area (Å²) in [6, 6.07) is 22.0. The Bertz CT molecular complexity index is 1120. The van der Waals surface area contributed by atoms with E-state index in [1.54, 1.807) is 0 Å². The first-order valence-electron chi connectivity index (χ1n) is 10.1. The molecule has 1 aromatic carbocycles. The molecule has 142 valence electrons. The Morgan fingerprint density at radius 1 is 0.643 bits per heavy atom. The van der Waals surface area contributed by atoms with E-state index in [1.807, 2.05) is 6.20 Å². The van der Waals surface area contributed by atoms with E-state index in [1.165, 1.54) is 38.6 Å². The fourth-order valence-electron chi connectivity index (χ4n) is 4.11. The lowest BCUT2D eigenvalue weighted by molar-refractivity contribution is 0.581. The van der Waals surface area contributed by atoms with Crippen LogP contribution in [0.5, 0.6) is 0 Å². The molecule has 2 aliphatic carbocycles. The zero-order chi connectivity index (χ0) is 20.1. The van der Waals surface area contributed by atoms with Gasteiger partial charge in [-0.15, -0.1) is 0 Å². The molecular weight excluding hydrogens is 338 g/mol. The van der Waals surface area contributed by atoms with Gasteiger partial charge in [-0.1, -0.05) is 90.1 Å². The molecule has 0 aliphatic heterocycles. The van der Waals surface area contributed by atoms with Crippen molar-refractivity contribution in [3.8, 4) is 22.4 Å². The van der Waals surface area contributed by atoms with Crippen LogP contribution in [-0.2, 0) is 10.8 Å². The fraction of sp³-hybridized carbons (Fsp3) is 0.296. The molecule has 1 nitrogen and oxygen atoms in total. The number of hydrogen-bond donors (Lipinski definition) is 0. The van der Waals surface area contributed by atoms with Crippen LogP contribution in [0.4, 0.5) is 0 Å². The SMILES string of the molecule is CC(C)(C)c1cc(C(C)(C)C)c2cc(-c3nccc4ccccc34)cccc1-2. The molecule has 4 rings (SSSR count). The fourth-order valence-corrected chi connectivity index (χ4v) is 4.11. The van der Waals surface area contributed by atoms with Crippen molar-refractivity contribution in [2.45, 2.75) is 52.4 Å². The van der Waals surface area contributed by atoms with Crippen molar-refractivity contribution in [1.82, 2.24) is 4.98 Å². The van der Waals surface area contributed by atoms with Gasteiger partial charge in [0.25, 0.3) is 0 Å². The first-order valence-corrected chi connectivity index (χ1v) is 10.1. The molecule has 0 saturated carbocycles. The van der Waals surface area contributed by atoms with Gasteiger partial charge >= 0.3 is 0 Å². The molecule has 0 N–H and O–H groups in total. The van der Waals surface area contributed by atoms with E-state index >= 15 is 0 Å². The third-order valence-electron chi connectivity index (χ3n) is 5.56. The minimum absolute atomic E-state index is 0.0829. The maximum atomic E-state index is 4.76. The summed E-state index contributed by atoms with van der Waals surface area (Å²) in [6.07, 6.45) is 1.91. The van der Waals surface area contributed by atoms with Gasteiger partial charge in [0.15, 0.2) is 0 Å². The summed E-state index contributed by atoms with van der Waals surface area (Å²) >= 11 is 0. The monoisotopic (exact) mass is 367 g/mol. The van der Waals surface area contributed by atoms with Gasteiger partial charge in [-0.05, 0) is 50.6 Å². The normalized spacial score (nSPS) is 12.6. The summed E-state index contributed by atoms with van der Waals surface area (Å²) < 4.78 is 0. The molecule has 0 bridgehead atoms. The molecular formula is C27H29N. The molecule has 0 spiro atoms. The van der Waals surface area contributed by atoms with Gasteiger partial charge in [0.05, 0.1) is 5.69 Å². The molecule has 0 unspecified atom stereocenters. The van der Waals surface area contributed by atoms with Crippen LogP contribution in [0.15, 0.2) is 66.9 Å². The maximum absolute atomic E-state index is 4.76. The highest BCUT2D eigenvalue weighted by Gasteiger charge is 2.29. The van der Waals surface area contributed by atoms with E-state index in [-0.39, 0.29) is 10.8 Å². The van der Waals surface area contributed by atoms with Crippen LogP contribution in [0.2, 0.25) is 0 Å². The van der Waals surface area contributed by atoms with Crippen LogP contribution >= 0.6 is 0 Å². The Morgan fingerprint density at radius 2 is 1.32 bits per heavy atom. The second kappa shape index (κ2) is 6.44. The molecule has 0 atom stereocenters. The summed E-state index contributed by atoms with van der Waals surface area (Å²) in [7, 11) is 0. The zero-order valence-corrected chi connectivity index (χ0v) is 17.8. The van der Waals surface area contributed by atoms with Crippen molar-refractivity contribution in [1.29, 1.82) is 0 Å². The summed E-state index contributed by atoms with van der Waals surface area (Å²) in [4.78, 5) is 4.76. The van der Waals surface area contributed by atoms with Crippen LogP contribution in [0.25, 0.3) is 33.2 Å². The Balaban J connectivity index is 2.03. The van der Waals surface area contributed by atoms with Crippen LogP contribution in [0, 0.1) is 0 Å². The van der Waals surface area contributed by atoms with Gasteiger partial charge in [-0.2, -0.15) is 0 Å². The number of aromatic nitrogens is 1. The van der Waals surface area contributed by atoms with E-state index in [4.69, 9.17) is 4.98 Å². The summed E-state index contributed by atoms with van der Waals surface area (Å²) in [5, 5.41) is 2.42. The van der Waals surface area contributed by atoms with Crippen molar-refractivity contribution in [2.75, 3.05) is 0 Å². The van der Waals surface area contributed by atoms with Crippen LogP contribution in [0.3, 0.4) is 0 Å². The van der Waals surface area contributed by atoms with E-state index in [2.05, 4.69) is 102 Å². The third-order valence-corrected chi connectivity index (χ3v) is 5.56. The average Bonchev–Trinajstić information content (AvgIpc) is 2.87. The highest BCUT2D eigenvalue weighted by molar-refractivity contribution is 5.95. The molecule has 28 heavy (non-hydrogen) atoms. The van der Waals surface area contributed by atoms with Gasteiger partial charge in [0, 0.05) is 17.1 Å². The molecule has 1 heteroatoms. The standard InChI is InChI=1S/C27H29N/c1-26(2,3)23-17-24(27(4,5)6)22-16-19(11-9-13-21(22)23)25-20-12-8-7-10-18(20)14-15-28-25/h7-17H,1-6H3.